The van der Waals surface area contributed by atoms with Gasteiger partial charge in [-0.1, -0.05) is 19.1 Å². The van der Waals surface area contributed by atoms with Gasteiger partial charge in [0.05, 0.1) is 6.61 Å². The number of carbonyl (C=O) groups is 2. The molecule has 1 aliphatic heterocycles. The predicted octanol–water partition coefficient (Wildman–Crippen LogP) is 2.22. The molecule has 1 aromatic carbocycles. The molecule has 114 valence electrons. The van der Waals surface area contributed by atoms with Gasteiger partial charge < -0.3 is 19.3 Å². The van der Waals surface area contributed by atoms with Gasteiger partial charge in [0.1, 0.15) is 17.4 Å². The van der Waals surface area contributed by atoms with Crippen LogP contribution in [-0.4, -0.2) is 36.0 Å². The Bertz CT molecular complexity index is 513. The molecule has 0 bridgehead atoms. The Hall–Kier alpha value is -2.08. The number of aromatic carboxylic acids is 1. The van der Waals surface area contributed by atoms with Gasteiger partial charge in [-0.05, 0) is 12.1 Å². The van der Waals surface area contributed by atoms with E-state index in [9.17, 15) is 9.59 Å². The van der Waals surface area contributed by atoms with Crippen LogP contribution in [-0.2, 0) is 14.3 Å². The van der Waals surface area contributed by atoms with Crippen molar-refractivity contribution in [1.29, 1.82) is 0 Å². The van der Waals surface area contributed by atoms with Crippen LogP contribution in [0.1, 0.15) is 36.5 Å². The van der Waals surface area contributed by atoms with E-state index in [0.717, 1.165) is 0 Å². The minimum absolute atomic E-state index is 0.0776. The molecule has 6 nitrogen and oxygen atoms in total. The highest BCUT2D eigenvalue weighted by atomic mass is 16.7. The maximum atomic E-state index is 11.3. The SMILES string of the molecule is CCC(=O)OC1CCOC(Oc2ccccc2C(=O)O)C1. The molecule has 0 amide bonds. The van der Waals surface area contributed by atoms with E-state index in [-0.39, 0.29) is 23.4 Å². The van der Waals surface area contributed by atoms with Crippen molar-refractivity contribution in [1.82, 2.24) is 0 Å². The second-order valence-electron chi connectivity index (χ2n) is 4.71. The Morgan fingerprint density at radius 3 is 2.86 bits per heavy atom. The third-order valence-corrected chi connectivity index (χ3v) is 3.16. The topological polar surface area (TPSA) is 82.1 Å². The van der Waals surface area contributed by atoms with E-state index in [1.807, 2.05) is 0 Å². The molecule has 0 radical (unpaired) electrons. The summed E-state index contributed by atoms with van der Waals surface area (Å²) in [4.78, 5) is 22.4. The molecular weight excluding hydrogens is 276 g/mol. The van der Waals surface area contributed by atoms with Crippen molar-refractivity contribution in [2.75, 3.05) is 6.61 Å². The molecule has 1 aliphatic rings. The number of benzene rings is 1. The standard InChI is InChI=1S/C15H18O6/c1-2-13(16)20-10-7-8-19-14(9-10)21-12-6-4-3-5-11(12)15(17)18/h3-6,10,14H,2,7-9H2,1H3,(H,17,18). The fourth-order valence-corrected chi connectivity index (χ4v) is 2.08. The number of carboxylic acid groups (broad SMARTS) is 1. The molecule has 0 spiro atoms. The van der Waals surface area contributed by atoms with Crippen molar-refractivity contribution in [3.63, 3.8) is 0 Å². The molecule has 1 aromatic rings. The number of carboxylic acids is 1. The van der Waals surface area contributed by atoms with Crippen molar-refractivity contribution in [2.24, 2.45) is 0 Å². The molecule has 0 aromatic heterocycles. The number of esters is 1. The lowest BCUT2D eigenvalue weighted by molar-refractivity contribution is -0.170. The fraction of sp³-hybridized carbons (Fsp3) is 0.467. The Balaban J connectivity index is 1.99. The van der Waals surface area contributed by atoms with E-state index in [4.69, 9.17) is 19.3 Å². The Morgan fingerprint density at radius 2 is 2.14 bits per heavy atom. The molecular formula is C15H18O6. The third-order valence-electron chi connectivity index (χ3n) is 3.16. The van der Waals surface area contributed by atoms with Gasteiger partial charge in [-0.25, -0.2) is 4.79 Å². The lowest BCUT2D eigenvalue weighted by Crippen LogP contribution is -2.35. The van der Waals surface area contributed by atoms with E-state index in [1.165, 1.54) is 6.07 Å². The number of hydrogen-bond donors (Lipinski definition) is 1. The number of para-hydroxylation sites is 1. The molecule has 2 atom stereocenters. The molecule has 1 saturated heterocycles. The Morgan fingerprint density at radius 1 is 1.38 bits per heavy atom. The monoisotopic (exact) mass is 294 g/mol. The van der Waals surface area contributed by atoms with Gasteiger partial charge >= 0.3 is 11.9 Å². The van der Waals surface area contributed by atoms with Crippen LogP contribution in [0.3, 0.4) is 0 Å². The van der Waals surface area contributed by atoms with Crippen molar-refractivity contribution in [3.8, 4) is 5.75 Å². The second kappa shape index (κ2) is 7.08. The van der Waals surface area contributed by atoms with Crippen LogP contribution in [0.2, 0.25) is 0 Å². The van der Waals surface area contributed by atoms with Gasteiger partial charge in [0.15, 0.2) is 0 Å². The van der Waals surface area contributed by atoms with Gasteiger partial charge in [-0.2, -0.15) is 0 Å². The van der Waals surface area contributed by atoms with E-state index in [1.54, 1.807) is 25.1 Å². The Labute approximate surface area is 122 Å². The smallest absolute Gasteiger partial charge is 0.339 e. The fourth-order valence-electron chi connectivity index (χ4n) is 2.08. The van der Waals surface area contributed by atoms with E-state index in [2.05, 4.69) is 0 Å². The number of ether oxygens (including phenoxy) is 3. The maximum absolute atomic E-state index is 11.3. The highest BCUT2D eigenvalue weighted by Crippen LogP contribution is 2.24. The summed E-state index contributed by atoms with van der Waals surface area (Å²) in [5, 5.41) is 9.11. The zero-order chi connectivity index (χ0) is 15.2. The summed E-state index contributed by atoms with van der Waals surface area (Å²) < 4.78 is 16.3. The quantitative estimate of drug-likeness (QED) is 0.838. The molecule has 2 rings (SSSR count). The van der Waals surface area contributed by atoms with Gasteiger partial charge in [0, 0.05) is 19.3 Å². The zero-order valence-corrected chi connectivity index (χ0v) is 11.8. The molecule has 2 unspecified atom stereocenters. The van der Waals surface area contributed by atoms with Crippen molar-refractivity contribution in [3.05, 3.63) is 29.8 Å². The first kappa shape index (κ1) is 15.3. The molecule has 1 heterocycles. The predicted molar refractivity (Wildman–Crippen MR) is 73.2 cm³/mol. The highest BCUT2D eigenvalue weighted by molar-refractivity contribution is 5.90. The second-order valence-corrected chi connectivity index (χ2v) is 4.71. The first-order chi connectivity index (χ1) is 10.1. The molecule has 0 saturated carbocycles. The minimum Gasteiger partial charge on any atom is -0.478 e. The molecule has 1 fully saturated rings. The number of rotatable bonds is 5. The van der Waals surface area contributed by atoms with Crippen LogP contribution >= 0.6 is 0 Å². The van der Waals surface area contributed by atoms with Crippen molar-refractivity contribution in [2.45, 2.75) is 38.6 Å². The molecule has 1 N–H and O–H groups in total. The van der Waals surface area contributed by atoms with E-state index in [0.29, 0.717) is 25.9 Å². The van der Waals surface area contributed by atoms with Crippen LogP contribution in [0, 0.1) is 0 Å². The minimum atomic E-state index is -1.06. The summed E-state index contributed by atoms with van der Waals surface area (Å²) in [6.45, 7) is 2.14. The van der Waals surface area contributed by atoms with Gasteiger partial charge in [0.25, 0.3) is 0 Å². The Kier molecular flexibility index (Phi) is 5.16. The van der Waals surface area contributed by atoms with Crippen LogP contribution in [0.15, 0.2) is 24.3 Å². The highest BCUT2D eigenvalue weighted by Gasteiger charge is 2.27. The largest absolute Gasteiger partial charge is 0.478 e. The van der Waals surface area contributed by atoms with Crippen molar-refractivity contribution < 1.29 is 28.9 Å². The maximum Gasteiger partial charge on any atom is 0.339 e. The lowest BCUT2D eigenvalue weighted by atomic mass is 10.1. The van der Waals surface area contributed by atoms with Crippen LogP contribution in [0.4, 0.5) is 0 Å². The van der Waals surface area contributed by atoms with Gasteiger partial charge in [-0.3, -0.25) is 4.79 Å². The average Bonchev–Trinajstić information content (AvgIpc) is 2.48. The summed E-state index contributed by atoms with van der Waals surface area (Å²) in [5.74, 6) is -1.07. The summed E-state index contributed by atoms with van der Waals surface area (Å²) in [7, 11) is 0. The third kappa shape index (κ3) is 4.19. The molecule has 21 heavy (non-hydrogen) atoms. The first-order valence-corrected chi connectivity index (χ1v) is 6.90. The summed E-state index contributed by atoms with van der Waals surface area (Å²) >= 11 is 0. The first-order valence-electron chi connectivity index (χ1n) is 6.90. The van der Waals surface area contributed by atoms with E-state index < -0.39 is 12.3 Å². The number of hydrogen-bond acceptors (Lipinski definition) is 5. The zero-order valence-electron chi connectivity index (χ0n) is 11.8. The van der Waals surface area contributed by atoms with Crippen molar-refractivity contribution >= 4 is 11.9 Å². The van der Waals surface area contributed by atoms with E-state index >= 15 is 0 Å². The summed E-state index contributed by atoms with van der Waals surface area (Å²) in [6.07, 6.45) is 0.457. The number of carbonyl (C=O) groups excluding carboxylic acids is 1. The molecule has 0 aliphatic carbocycles. The summed E-state index contributed by atoms with van der Waals surface area (Å²) in [5.41, 5.74) is 0.0776. The average molecular weight is 294 g/mol. The lowest BCUT2D eigenvalue weighted by Gasteiger charge is -2.29. The van der Waals surface area contributed by atoms with Crippen LogP contribution in [0.5, 0.6) is 5.75 Å². The normalized spacial score (nSPS) is 21.6. The van der Waals surface area contributed by atoms with Gasteiger partial charge in [0.2, 0.25) is 6.29 Å². The summed E-state index contributed by atoms with van der Waals surface area (Å²) in [6, 6.07) is 6.37. The van der Waals surface area contributed by atoms with Crippen LogP contribution < -0.4 is 4.74 Å². The molecule has 6 heteroatoms. The van der Waals surface area contributed by atoms with Gasteiger partial charge in [-0.15, -0.1) is 0 Å². The van der Waals surface area contributed by atoms with Crippen LogP contribution in [0.25, 0.3) is 0 Å².